The van der Waals surface area contributed by atoms with Crippen LogP contribution in [0.15, 0.2) is 55.1 Å². The van der Waals surface area contributed by atoms with Crippen LogP contribution >= 0.6 is 11.8 Å². The molecule has 0 aliphatic carbocycles. The van der Waals surface area contributed by atoms with E-state index in [9.17, 15) is 9.59 Å². The number of nitrogens with one attached hydrogen (secondary N) is 1. The summed E-state index contributed by atoms with van der Waals surface area (Å²) in [5.74, 6) is 0.583. The number of hydrogen-bond acceptors (Lipinski definition) is 5. The van der Waals surface area contributed by atoms with Crippen molar-refractivity contribution in [2.24, 2.45) is 0 Å². The van der Waals surface area contributed by atoms with Crippen LogP contribution in [0.1, 0.15) is 26.3 Å². The van der Waals surface area contributed by atoms with Crippen LogP contribution in [-0.2, 0) is 0 Å². The van der Waals surface area contributed by atoms with E-state index in [0.29, 0.717) is 23.4 Å². The maximum absolute atomic E-state index is 12.7. The van der Waals surface area contributed by atoms with Gasteiger partial charge in [-0.3, -0.25) is 14.2 Å². The minimum atomic E-state index is -0.233. The van der Waals surface area contributed by atoms with E-state index in [1.807, 2.05) is 31.4 Å². The molecule has 0 saturated carbocycles. The summed E-state index contributed by atoms with van der Waals surface area (Å²) in [5.41, 5.74) is 3.46. The van der Waals surface area contributed by atoms with Gasteiger partial charge in [-0.1, -0.05) is 6.07 Å². The molecule has 3 aromatic rings. The zero-order chi connectivity index (χ0) is 20.8. The summed E-state index contributed by atoms with van der Waals surface area (Å²) in [6.45, 7) is 2.57. The molecule has 0 atom stereocenters. The molecule has 29 heavy (non-hydrogen) atoms. The van der Waals surface area contributed by atoms with E-state index >= 15 is 0 Å². The fraction of sp³-hybridized carbons (Fsp3) is 0.238. The fourth-order valence-electron chi connectivity index (χ4n) is 2.75. The number of anilines is 1. The van der Waals surface area contributed by atoms with Crippen LogP contribution in [0.25, 0.3) is 5.69 Å². The van der Waals surface area contributed by atoms with Gasteiger partial charge in [-0.2, -0.15) is 11.8 Å². The lowest BCUT2D eigenvalue weighted by molar-refractivity contribution is 0.0803. The van der Waals surface area contributed by atoms with Crippen LogP contribution < -0.4 is 5.32 Å². The summed E-state index contributed by atoms with van der Waals surface area (Å²) >= 11 is 1.69. The fourth-order valence-corrected chi connectivity index (χ4v) is 3.21. The van der Waals surface area contributed by atoms with Crippen molar-refractivity contribution in [3.63, 3.8) is 0 Å². The zero-order valence-electron chi connectivity index (χ0n) is 16.6. The van der Waals surface area contributed by atoms with Crippen LogP contribution in [0, 0.1) is 6.92 Å². The molecule has 0 radical (unpaired) electrons. The number of thioether (sulfide) groups is 1. The van der Waals surface area contributed by atoms with Gasteiger partial charge >= 0.3 is 0 Å². The third kappa shape index (κ3) is 5.03. The van der Waals surface area contributed by atoms with E-state index in [1.165, 1.54) is 0 Å². The van der Waals surface area contributed by atoms with Crippen molar-refractivity contribution in [3.05, 3.63) is 71.8 Å². The van der Waals surface area contributed by atoms with Crippen LogP contribution in [-0.4, -0.2) is 57.1 Å². The zero-order valence-corrected chi connectivity index (χ0v) is 17.4. The first-order chi connectivity index (χ1) is 14.0. The maximum Gasteiger partial charge on any atom is 0.255 e. The largest absolute Gasteiger partial charge is 0.341 e. The summed E-state index contributed by atoms with van der Waals surface area (Å²) in [7, 11) is 1.79. The molecule has 0 bridgehead atoms. The predicted octanol–water partition coefficient (Wildman–Crippen LogP) is 3.26. The molecular formula is C21H23N5O2S. The Bertz CT molecular complexity index is 987. The summed E-state index contributed by atoms with van der Waals surface area (Å²) in [6, 6.07) is 12.5. The molecule has 1 aromatic heterocycles. The second-order valence-corrected chi connectivity index (χ2v) is 7.60. The van der Waals surface area contributed by atoms with Crippen molar-refractivity contribution in [2.75, 3.05) is 30.9 Å². The van der Waals surface area contributed by atoms with Gasteiger partial charge in [0.25, 0.3) is 11.8 Å². The van der Waals surface area contributed by atoms with E-state index < -0.39 is 0 Å². The average Bonchev–Trinajstić information content (AvgIpc) is 3.28. The highest BCUT2D eigenvalue weighted by Crippen LogP contribution is 2.19. The lowest BCUT2D eigenvalue weighted by Crippen LogP contribution is -2.29. The van der Waals surface area contributed by atoms with Gasteiger partial charge < -0.3 is 10.2 Å². The molecule has 7 nitrogen and oxygen atoms in total. The molecule has 0 aliphatic rings. The molecule has 1 N–H and O–H groups in total. The Kier molecular flexibility index (Phi) is 6.66. The lowest BCUT2D eigenvalue weighted by atomic mass is 10.1. The van der Waals surface area contributed by atoms with E-state index in [1.54, 1.807) is 65.2 Å². The molecule has 150 valence electrons. The summed E-state index contributed by atoms with van der Waals surface area (Å²) in [6.07, 6.45) is 5.20. The summed E-state index contributed by atoms with van der Waals surface area (Å²) in [4.78, 5) is 27.0. The van der Waals surface area contributed by atoms with Crippen molar-refractivity contribution in [3.8, 4) is 5.69 Å². The standard InChI is InChI=1S/C21H23N5O2S/c1-15-4-5-17(21(28)25(2)10-11-29-3)12-19(15)24-20(27)16-6-8-18(9-7-16)26-13-22-23-14-26/h4-9,12-14H,10-11H2,1-3H3,(H,24,27). The molecule has 2 amide bonds. The summed E-state index contributed by atoms with van der Waals surface area (Å²) in [5, 5.41) is 10.5. The van der Waals surface area contributed by atoms with Gasteiger partial charge in [0.15, 0.2) is 0 Å². The summed E-state index contributed by atoms with van der Waals surface area (Å²) < 4.78 is 1.76. The SMILES string of the molecule is CSCCN(C)C(=O)c1ccc(C)c(NC(=O)c2ccc(-n3cnnc3)cc2)c1. The molecule has 0 aliphatic heterocycles. The van der Waals surface area contributed by atoms with Gasteiger partial charge in [0.1, 0.15) is 12.7 Å². The first-order valence-electron chi connectivity index (χ1n) is 9.11. The number of benzene rings is 2. The first kappa shape index (κ1) is 20.6. The van der Waals surface area contributed by atoms with Gasteiger partial charge in [-0.25, -0.2) is 0 Å². The van der Waals surface area contributed by atoms with Crippen molar-refractivity contribution in [2.45, 2.75) is 6.92 Å². The molecular weight excluding hydrogens is 386 g/mol. The Hall–Kier alpha value is -3.13. The highest BCUT2D eigenvalue weighted by molar-refractivity contribution is 7.98. The van der Waals surface area contributed by atoms with E-state index in [0.717, 1.165) is 17.0 Å². The van der Waals surface area contributed by atoms with Crippen molar-refractivity contribution in [1.82, 2.24) is 19.7 Å². The van der Waals surface area contributed by atoms with E-state index in [2.05, 4.69) is 15.5 Å². The van der Waals surface area contributed by atoms with Crippen LogP contribution in [0.4, 0.5) is 5.69 Å². The number of hydrogen-bond donors (Lipinski definition) is 1. The Balaban J connectivity index is 1.73. The normalized spacial score (nSPS) is 10.6. The van der Waals surface area contributed by atoms with E-state index in [-0.39, 0.29) is 11.8 Å². The topological polar surface area (TPSA) is 80.1 Å². The Morgan fingerprint density at radius 1 is 1.07 bits per heavy atom. The molecule has 0 unspecified atom stereocenters. The molecule has 8 heteroatoms. The van der Waals surface area contributed by atoms with Gasteiger partial charge in [0, 0.05) is 41.8 Å². The smallest absolute Gasteiger partial charge is 0.255 e. The van der Waals surface area contributed by atoms with Crippen LogP contribution in [0.5, 0.6) is 0 Å². The third-order valence-corrected chi connectivity index (χ3v) is 5.15. The number of amides is 2. The third-order valence-electron chi connectivity index (χ3n) is 4.56. The lowest BCUT2D eigenvalue weighted by Gasteiger charge is -2.18. The Morgan fingerprint density at radius 3 is 2.38 bits per heavy atom. The molecule has 2 aromatic carbocycles. The second kappa shape index (κ2) is 9.38. The number of rotatable bonds is 7. The number of aryl methyl sites for hydroxylation is 1. The van der Waals surface area contributed by atoms with Crippen LogP contribution in [0.3, 0.4) is 0 Å². The molecule has 0 fully saturated rings. The number of carbonyl (C=O) groups excluding carboxylic acids is 2. The highest BCUT2D eigenvalue weighted by atomic mass is 32.2. The average molecular weight is 410 g/mol. The molecule has 0 saturated heterocycles. The van der Waals surface area contributed by atoms with Crippen molar-refractivity contribution in [1.29, 1.82) is 0 Å². The van der Waals surface area contributed by atoms with Gasteiger partial charge in [-0.05, 0) is 55.1 Å². The van der Waals surface area contributed by atoms with E-state index in [4.69, 9.17) is 0 Å². The first-order valence-corrected chi connectivity index (χ1v) is 10.5. The molecule has 3 rings (SSSR count). The van der Waals surface area contributed by atoms with Crippen molar-refractivity contribution < 1.29 is 9.59 Å². The minimum Gasteiger partial charge on any atom is -0.341 e. The van der Waals surface area contributed by atoms with Crippen molar-refractivity contribution >= 4 is 29.3 Å². The number of carbonyl (C=O) groups is 2. The minimum absolute atomic E-state index is 0.0622. The maximum atomic E-state index is 12.7. The molecule has 1 heterocycles. The predicted molar refractivity (Wildman–Crippen MR) is 116 cm³/mol. The van der Waals surface area contributed by atoms with Crippen LogP contribution in [0.2, 0.25) is 0 Å². The Morgan fingerprint density at radius 2 is 1.72 bits per heavy atom. The Labute approximate surface area is 174 Å². The van der Waals surface area contributed by atoms with Gasteiger partial charge in [0.05, 0.1) is 0 Å². The van der Waals surface area contributed by atoms with Gasteiger partial charge in [0.2, 0.25) is 0 Å². The monoisotopic (exact) mass is 409 g/mol. The second-order valence-electron chi connectivity index (χ2n) is 6.62. The molecule has 0 spiro atoms. The number of aromatic nitrogens is 3. The number of nitrogens with zero attached hydrogens (tertiary/aromatic N) is 4. The quantitative estimate of drug-likeness (QED) is 0.648. The van der Waals surface area contributed by atoms with Gasteiger partial charge in [-0.15, -0.1) is 10.2 Å². The highest BCUT2D eigenvalue weighted by Gasteiger charge is 2.14.